The van der Waals surface area contributed by atoms with E-state index in [-0.39, 0.29) is 17.8 Å². The fourth-order valence-corrected chi connectivity index (χ4v) is 2.59. The van der Waals surface area contributed by atoms with Crippen molar-refractivity contribution >= 4 is 11.6 Å². The number of methoxy groups -OCH3 is 1. The Bertz CT molecular complexity index is 793. The fourth-order valence-electron chi connectivity index (χ4n) is 2.59. The molecule has 2 aromatic carbocycles. The summed E-state index contributed by atoms with van der Waals surface area (Å²) in [5.74, 6) is 0.590. The van der Waals surface area contributed by atoms with Gasteiger partial charge >= 0.3 is 6.36 Å². The first-order valence-electron chi connectivity index (χ1n) is 8.41. The van der Waals surface area contributed by atoms with E-state index in [0.29, 0.717) is 12.2 Å². The highest BCUT2D eigenvalue weighted by atomic mass is 19.4. The number of alkyl halides is 3. The molecule has 0 amide bonds. The number of rotatable bonds is 7. The Morgan fingerprint density at radius 1 is 1.14 bits per heavy atom. The van der Waals surface area contributed by atoms with Gasteiger partial charge < -0.3 is 25.4 Å². The van der Waals surface area contributed by atoms with Gasteiger partial charge in [0.25, 0.3) is 0 Å². The molecular formula is C19H23F3N4O2. The number of halogens is 3. The van der Waals surface area contributed by atoms with Gasteiger partial charge in [0.1, 0.15) is 11.5 Å². The van der Waals surface area contributed by atoms with E-state index in [1.54, 1.807) is 7.11 Å². The van der Waals surface area contributed by atoms with Gasteiger partial charge in [0.15, 0.2) is 5.96 Å². The van der Waals surface area contributed by atoms with Crippen molar-refractivity contribution in [2.75, 3.05) is 33.1 Å². The summed E-state index contributed by atoms with van der Waals surface area (Å²) in [7, 11) is 5.46. The normalized spacial score (nSPS) is 13.3. The first kappa shape index (κ1) is 21.4. The van der Waals surface area contributed by atoms with E-state index in [2.05, 4.69) is 15.0 Å². The van der Waals surface area contributed by atoms with Crippen molar-refractivity contribution in [1.82, 2.24) is 4.90 Å². The SMILES string of the molecule is COc1ccccc1C(CN=C(N)Nc1ccc(OC(F)(F)F)cc1)N(C)C. The number of benzene rings is 2. The monoisotopic (exact) mass is 396 g/mol. The molecule has 0 aromatic heterocycles. The van der Waals surface area contributed by atoms with Crippen LogP contribution in [0.3, 0.4) is 0 Å². The van der Waals surface area contributed by atoms with Crippen molar-refractivity contribution in [3.05, 3.63) is 54.1 Å². The van der Waals surface area contributed by atoms with Gasteiger partial charge in [-0.15, -0.1) is 13.2 Å². The third-order valence-corrected chi connectivity index (χ3v) is 3.92. The topological polar surface area (TPSA) is 72.1 Å². The van der Waals surface area contributed by atoms with Crippen molar-refractivity contribution in [1.29, 1.82) is 0 Å². The molecule has 0 saturated carbocycles. The summed E-state index contributed by atoms with van der Waals surface area (Å²) < 4.78 is 45.8. The summed E-state index contributed by atoms with van der Waals surface area (Å²) in [5, 5.41) is 2.85. The predicted molar refractivity (Wildman–Crippen MR) is 103 cm³/mol. The maximum Gasteiger partial charge on any atom is 0.573 e. The molecule has 0 radical (unpaired) electrons. The second-order valence-electron chi connectivity index (χ2n) is 6.14. The number of para-hydroxylation sites is 1. The van der Waals surface area contributed by atoms with E-state index in [0.717, 1.165) is 11.3 Å². The van der Waals surface area contributed by atoms with Crippen LogP contribution in [0.4, 0.5) is 18.9 Å². The zero-order valence-corrected chi connectivity index (χ0v) is 15.8. The van der Waals surface area contributed by atoms with Crippen LogP contribution in [0.1, 0.15) is 11.6 Å². The highest BCUT2D eigenvalue weighted by Crippen LogP contribution is 2.28. The Hall–Kier alpha value is -2.94. The number of aliphatic imine (C=N–C) groups is 1. The number of likely N-dealkylation sites (N-methyl/N-ethyl adjacent to an activating group) is 1. The molecule has 28 heavy (non-hydrogen) atoms. The van der Waals surface area contributed by atoms with E-state index in [1.807, 2.05) is 43.3 Å². The Morgan fingerprint density at radius 2 is 1.79 bits per heavy atom. The van der Waals surface area contributed by atoms with Crippen LogP contribution in [0, 0.1) is 0 Å². The molecule has 1 unspecified atom stereocenters. The van der Waals surface area contributed by atoms with E-state index < -0.39 is 6.36 Å². The average molecular weight is 396 g/mol. The van der Waals surface area contributed by atoms with Gasteiger partial charge in [-0.1, -0.05) is 18.2 Å². The lowest BCUT2D eigenvalue weighted by atomic mass is 10.0. The Kier molecular flexibility index (Phi) is 7.11. The molecule has 0 saturated heterocycles. The Balaban J connectivity index is 2.05. The maximum atomic E-state index is 12.2. The average Bonchev–Trinajstić information content (AvgIpc) is 2.62. The number of nitrogens with zero attached hydrogens (tertiary/aromatic N) is 2. The summed E-state index contributed by atoms with van der Waals surface area (Å²) in [4.78, 5) is 6.35. The van der Waals surface area contributed by atoms with Crippen LogP contribution in [0.2, 0.25) is 0 Å². The van der Waals surface area contributed by atoms with Gasteiger partial charge in [-0.2, -0.15) is 0 Å². The van der Waals surface area contributed by atoms with Crippen LogP contribution in [0.15, 0.2) is 53.5 Å². The van der Waals surface area contributed by atoms with Gasteiger partial charge in [0, 0.05) is 11.3 Å². The van der Waals surface area contributed by atoms with Crippen molar-refractivity contribution < 1.29 is 22.6 Å². The molecule has 0 aliphatic rings. The number of nitrogens with two attached hydrogens (primary N) is 1. The first-order chi connectivity index (χ1) is 13.2. The smallest absolute Gasteiger partial charge is 0.496 e. The molecule has 152 valence electrons. The molecule has 0 spiro atoms. The minimum Gasteiger partial charge on any atom is -0.496 e. The van der Waals surface area contributed by atoms with Crippen LogP contribution in [0.25, 0.3) is 0 Å². The number of hydrogen-bond acceptors (Lipinski definition) is 4. The predicted octanol–water partition coefficient (Wildman–Crippen LogP) is 3.62. The van der Waals surface area contributed by atoms with Crippen LogP contribution in [-0.2, 0) is 0 Å². The molecule has 0 heterocycles. The number of guanidine groups is 1. The van der Waals surface area contributed by atoms with Gasteiger partial charge in [-0.25, -0.2) is 0 Å². The number of nitrogens with one attached hydrogen (secondary N) is 1. The molecule has 2 rings (SSSR count). The summed E-state index contributed by atoms with van der Waals surface area (Å²) in [5.41, 5.74) is 7.39. The summed E-state index contributed by atoms with van der Waals surface area (Å²) >= 11 is 0. The maximum absolute atomic E-state index is 12.2. The highest BCUT2D eigenvalue weighted by Gasteiger charge is 2.30. The lowest BCUT2D eigenvalue weighted by Gasteiger charge is -2.25. The molecule has 2 aromatic rings. The number of hydrogen-bond donors (Lipinski definition) is 2. The Labute approximate surface area is 161 Å². The molecule has 1 atom stereocenters. The van der Waals surface area contributed by atoms with Gasteiger partial charge in [-0.3, -0.25) is 4.99 Å². The van der Waals surface area contributed by atoms with Crippen molar-refractivity contribution in [2.24, 2.45) is 10.7 Å². The van der Waals surface area contributed by atoms with Crippen molar-refractivity contribution in [2.45, 2.75) is 12.4 Å². The third kappa shape index (κ3) is 6.34. The lowest BCUT2D eigenvalue weighted by molar-refractivity contribution is -0.274. The molecule has 6 nitrogen and oxygen atoms in total. The lowest BCUT2D eigenvalue weighted by Crippen LogP contribution is -2.27. The third-order valence-electron chi connectivity index (χ3n) is 3.92. The van der Waals surface area contributed by atoms with Crippen LogP contribution in [-0.4, -0.2) is 45.0 Å². The van der Waals surface area contributed by atoms with E-state index in [4.69, 9.17) is 10.5 Å². The summed E-state index contributed by atoms with van der Waals surface area (Å²) in [6.45, 7) is 0.363. The number of anilines is 1. The van der Waals surface area contributed by atoms with E-state index >= 15 is 0 Å². The van der Waals surface area contributed by atoms with E-state index in [9.17, 15) is 13.2 Å². The van der Waals surface area contributed by atoms with Gasteiger partial charge in [0.05, 0.1) is 19.7 Å². The quantitative estimate of drug-likeness (QED) is 0.553. The zero-order valence-electron chi connectivity index (χ0n) is 15.8. The molecule has 9 heteroatoms. The molecule has 0 bridgehead atoms. The van der Waals surface area contributed by atoms with Crippen molar-refractivity contribution in [3.8, 4) is 11.5 Å². The molecule has 0 fully saturated rings. The molecular weight excluding hydrogens is 373 g/mol. The van der Waals surface area contributed by atoms with Crippen LogP contribution < -0.4 is 20.5 Å². The number of ether oxygens (including phenoxy) is 2. The minimum atomic E-state index is -4.73. The standard InChI is InChI=1S/C19H23F3N4O2/c1-26(2)16(15-6-4-5-7-17(15)27-3)12-24-18(23)25-13-8-10-14(11-9-13)28-19(20,21)22/h4-11,16H,12H2,1-3H3,(H3,23,24,25). The molecule has 0 aliphatic carbocycles. The van der Waals surface area contributed by atoms with E-state index in [1.165, 1.54) is 24.3 Å². The largest absolute Gasteiger partial charge is 0.573 e. The first-order valence-corrected chi connectivity index (χ1v) is 8.41. The van der Waals surface area contributed by atoms with Gasteiger partial charge in [-0.05, 0) is 44.4 Å². The molecule has 3 N–H and O–H groups in total. The zero-order chi connectivity index (χ0) is 20.7. The van der Waals surface area contributed by atoms with Gasteiger partial charge in [0.2, 0.25) is 0 Å². The van der Waals surface area contributed by atoms with Crippen LogP contribution >= 0.6 is 0 Å². The minimum absolute atomic E-state index is 0.0703. The van der Waals surface area contributed by atoms with Crippen LogP contribution in [0.5, 0.6) is 11.5 Å². The summed E-state index contributed by atoms with van der Waals surface area (Å²) in [6, 6.07) is 12.8. The molecule has 0 aliphatic heterocycles. The van der Waals surface area contributed by atoms with Crippen molar-refractivity contribution in [3.63, 3.8) is 0 Å². The Morgan fingerprint density at radius 3 is 2.36 bits per heavy atom. The summed E-state index contributed by atoms with van der Waals surface area (Å²) in [6.07, 6.45) is -4.73. The highest BCUT2D eigenvalue weighted by molar-refractivity contribution is 5.92. The fraction of sp³-hybridized carbons (Fsp3) is 0.316. The second-order valence-corrected chi connectivity index (χ2v) is 6.14. The second kappa shape index (κ2) is 9.32.